The number of rotatable bonds is 6. The van der Waals surface area contributed by atoms with Crippen molar-refractivity contribution >= 4 is 17.2 Å². The zero-order valence-electron chi connectivity index (χ0n) is 9.94. The van der Waals surface area contributed by atoms with Gasteiger partial charge in [-0.15, -0.1) is 0 Å². The molecule has 106 valence electrons. The van der Waals surface area contributed by atoms with E-state index in [-0.39, 0.29) is 35.7 Å². The average Bonchev–Trinajstić information content (AvgIpc) is 2.28. The Morgan fingerprint density at radius 1 is 1.47 bits per heavy atom. The molecule has 0 amide bonds. The summed E-state index contributed by atoms with van der Waals surface area (Å²) in [5, 5.41) is 0. The van der Waals surface area contributed by atoms with Crippen molar-refractivity contribution in [2.45, 2.75) is 19.1 Å². The van der Waals surface area contributed by atoms with Gasteiger partial charge in [-0.05, 0) is 18.6 Å². The normalized spacial score (nSPS) is 11.5. The molecule has 0 aliphatic heterocycles. The summed E-state index contributed by atoms with van der Waals surface area (Å²) in [5.74, 6) is 0. The van der Waals surface area contributed by atoms with Crippen LogP contribution in [0.5, 0.6) is 0 Å². The summed E-state index contributed by atoms with van der Waals surface area (Å²) in [6, 6.07) is 3.10. The molecule has 2 N–H and O–H groups in total. The molecule has 0 bridgehead atoms. The number of hydrogen-bond donors (Lipinski definition) is 1. The summed E-state index contributed by atoms with van der Waals surface area (Å²) in [7, 11) is 0. The van der Waals surface area contributed by atoms with Crippen molar-refractivity contribution in [1.82, 2.24) is 4.57 Å². The van der Waals surface area contributed by atoms with E-state index >= 15 is 0 Å². The third-order valence-electron chi connectivity index (χ3n) is 2.24. The lowest BCUT2D eigenvalue weighted by atomic mass is 10.2. The molecular weight excluding hydrogens is 281 g/mol. The molecule has 1 aromatic rings. The number of alkyl halides is 3. The first-order valence-electron chi connectivity index (χ1n) is 5.45. The van der Waals surface area contributed by atoms with Gasteiger partial charge < -0.3 is 15.0 Å². The van der Waals surface area contributed by atoms with Crippen molar-refractivity contribution in [2.24, 2.45) is 5.73 Å². The topological polar surface area (TPSA) is 57.2 Å². The Labute approximate surface area is 113 Å². The number of hydrogen-bond acceptors (Lipinski definition) is 3. The van der Waals surface area contributed by atoms with Crippen LogP contribution in [0.3, 0.4) is 0 Å². The van der Waals surface area contributed by atoms with Crippen LogP contribution >= 0.6 is 12.2 Å². The fraction of sp³-hybridized carbons (Fsp3) is 0.455. The Morgan fingerprint density at radius 3 is 2.74 bits per heavy atom. The van der Waals surface area contributed by atoms with Crippen LogP contribution in [0.4, 0.5) is 13.2 Å². The Bertz CT molecular complexity index is 499. The van der Waals surface area contributed by atoms with Crippen molar-refractivity contribution in [3.05, 3.63) is 34.2 Å². The van der Waals surface area contributed by atoms with Crippen LogP contribution in [0.25, 0.3) is 0 Å². The Kier molecular flexibility index (Phi) is 5.49. The predicted molar refractivity (Wildman–Crippen MR) is 68.1 cm³/mol. The van der Waals surface area contributed by atoms with Gasteiger partial charge >= 0.3 is 6.18 Å². The quantitative estimate of drug-likeness (QED) is 0.637. The lowest BCUT2D eigenvalue weighted by molar-refractivity contribution is -0.174. The smallest absolute Gasteiger partial charge is 0.389 e. The monoisotopic (exact) mass is 294 g/mol. The van der Waals surface area contributed by atoms with Gasteiger partial charge in [-0.3, -0.25) is 4.79 Å². The number of nitrogens with two attached hydrogens (primary N) is 1. The van der Waals surface area contributed by atoms with Crippen molar-refractivity contribution in [2.75, 3.05) is 13.2 Å². The van der Waals surface area contributed by atoms with Gasteiger partial charge in [0.05, 0.1) is 5.56 Å². The second-order valence-corrected chi connectivity index (χ2v) is 4.25. The van der Waals surface area contributed by atoms with Crippen molar-refractivity contribution in [3.63, 3.8) is 0 Å². The maximum atomic E-state index is 11.8. The van der Waals surface area contributed by atoms with Gasteiger partial charge in [-0.1, -0.05) is 12.2 Å². The number of nitrogens with zero attached hydrogens (tertiary/aromatic N) is 1. The largest absolute Gasteiger partial charge is 0.411 e. The first kappa shape index (κ1) is 15.6. The molecule has 1 aromatic heterocycles. The minimum absolute atomic E-state index is 0.00679. The molecule has 4 nitrogen and oxygen atoms in total. The van der Waals surface area contributed by atoms with Crippen LogP contribution in [0, 0.1) is 0 Å². The van der Waals surface area contributed by atoms with E-state index in [0.29, 0.717) is 0 Å². The van der Waals surface area contributed by atoms with Gasteiger partial charge in [-0.25, -0.2) is 0 Å². The maximum absolute atomic E-state index is 11.8. The van der Waals surface area contributed by atoms with Gasteiger partial charge in [0.15, 0.2) is 0 Å². The van der Waals surface area contributed by atoms with Crippen LogP contribution in [0.15, 0.2) is 23.1 Å². The molecule has 0 saturated carbocycles. The van der Waals surface area contributed by atoms with E-state index < -0.39 is 12.8 Å². The molecule has 19 heavy (non-hydrogen) atoms. The number of aryl methyl sites for hydroxylation is 1. The zero-order valence-corrected chi connectivity index (χ0v) is 10.8. The fourth-order valence-corrected chi connectivity index (χ4v) is 1.58. The summed E-state index contributed by atoms with van der Waals surface area (Å²) in [6.45, 7) is -1.12. The molecule has 0 unspecified atom stereocenters. The summed E-state index contributed by atoms with van der Waals surface area (Å²) in [4.78, 5) is 11.8. The van der Waals surface area contributed by atoms with Crippen molar-refractivity contribution < 1.29 is 17.9 Å². The molecule has 0 spiro atoms. The standard InChI is InChI=1S/C11H13F3N2O2S/c12-11(13,14)7-18-6-2-5-16-4-1-3-8(9(15)19)10(16)17/h1,3-4H,2,5-7H2,(H2,15,19). The number of halogens is 3. The minimum atomic E-state index is -4.33. The molecule has 0 aliphatic rings. The van der Waals surface area contributed by atoms with E-state index in [0.717, 1.165) is 0 Å². The highest BCUT2D eigenvalue weighted by molar-refractivity contribution is 7.80. The third kappa shape index (κ3) is 5.39. The van der Waals surface area contributed by atoms with Gasteiger partial charge in [0.2, 0.25) is 0 Å². The second kappa shape index (κ2) is 6.67. The molecule has 1 heterocycles. The average molecular weight is 294 g/mol. The van der Waals surface area contributed by atoms with Gasteiger partial charge in [0.1, 0.15) is 11.6 Å². The van der Waals surface area contributed by atoms with E-state index in [1.165, 1.54) is 16.8 Å². The first-order chi connectivity index (χ1) is 8.81. The first-order valence-corrected chi connectivity index (χ1v) is 5.86. The summed E-state index contributed by atoms with van der Waals surface area (Å²) >= 11 is 4.72. The van der Waals surface area contributed by atoms with Crippen LogP contribution in [0.1, 0.15) is 12.0 Å². The highest BCUT2D eigenvalue weighted by Crippen LogP contribution is 2.14. The van der Waals surface area contributed by atoms with Gasteiger partial charge in [-0.2, -0.15) is 13.2 Å². The predicted octanol–water partition coefficient (Wildman–Crippen LogP) is 1.45. The van der Waals surface area contributed by atoms with E-state index in [9.17, 15) is 18.0 Å². The summed E-state index contributed by atoms with van der Waals surface area (Å²) in [5.41, 5.74) is 5.24. The van der Waals surface area contributed by atoms with E-state index in [4.69, 9.17) is 18.0 Å². The molecule has 0 aliphatic carbocycles. The van der Waals surface area contributed by atoms with E-state index in [1.54, 1.807) is 6.07 Å². The fourth-order valence-electron chi connectivity index (χ4n) is 1.43. The van der Waals surface area contributed by atoms with Gasteiger partial charge in [0, 0.05) is 19.3 Å². The Morgan fingerprint density at radius 2 is 2.16 bits per heavy atom. The molecule has 0 fully saturated rings. The van der Waals surface area contributed by atoms with Crippen LogP contribution in [-0.4, -0.2) is 28.9 Å². The highest BCUT2D eigenvalue weighted by atomic mass is 32.1. The maximum Gasteiger partial charge on any atom is 0.411 e. The van der Waals surface area contributed by atoms with Crippen LogP contribution in [-0.2, 0) is 11.3 Å². The minimum Gasteiger partial charge on any atom is -0.389 e. The molecule has 0 radical (unpaired) electrons. The summed E-state index contributed by atoms with van der Waals surface area (Å²) < 4.78 is 41.2. The molecule has 8 heteroatoms. The second-order valence-electron chi connectivity index (χ2n) is 3.81. The van der Waals surface area contributed by atoms with Crippen LogP contribution in [0.2, 0.25) is 0 Å². The van der Waals surface area contributed by atoms with Crippen LogP contribution < -0.4 is 11.3 Å². The molecule has 0 atom stereocenters. The lowest BCUT2D eigenvalue weighted by Gasteiger charge is -2.09. The summed E-state index contributed by atoms with van der Waals surface area (Å²) in [6.07, 6.45) is -2.52. The third-order valence-corrected chi connectivity index (χ3v) is 2.46. The Hall–Kier alpha value is -1.41. The number of thiocarbonyl (C=S) groups is 1. The van der Waals surface area contributed by atoms with Gasteiger partial charge in [0.25, 0.3) is 5.56 Å². The van der Waals surface area contributed by atoms with E-state index in [2.05, 4.69) is 4.74 Å². The molecule has 1 rings (SSSR count). The number of aromatic nitrogens is 1. The Balaban J connectivity index is 2.49. The highest BCUT2D eigenvalue weighted by Gasteiger charge is 2.27. The number of pyridine rings is 1. The zero-order chi connectivity index (χ0) is 14.5. The molecular formula is C11H13F3N2O2S. The number of ether oxygens (including phenoxy) is 1. The SMILES string of the molecule is NC(=S)c1cccn(CCCOCC(F)(F)F)c1=O. The lowest BCUT2D eigenvalue weighted by Crippen LogP contribution is -2.28. The van der Waals surface area contributed by atoms with E-state index in [1.807, 2.05) is 0 Å². The molecule has 0 aromatic carbocycles. The van der Waals surface area contributed by atoms with Crippen molar-refractivity contribution in [1.29, 1.82) is 0 Å². The molecule has 0 saturated heterocycles. The van der Waals surface area contributed by atoms with Crippen molar-refractivity contribution in [3.8, 4) is 0 Å².